The largest absolute Gasteiger partial charge is 0.486 e. The lowest BCUT2D eigenvalue weighted by Gasteiger charge is -2.23. The van der Waals surface area contributed by atoms with E-state index < -0.39 is 9.84 Å². The van der Waals surface area contributed by atoms with E-state index in [1.54, 1.807) is 18.2 Å². The highest BCUT2D eigenvalue weighted by atomic mass is 32.2. The van der Waals surface area contributed by atoms with Crippen molar-refractivity contribution in [2.45, 2.75) is 17.7 Å². The monoisotopic (exact) mass is 297 g/mol. The predicted molar refractivity (Wildman–Crippen MR) is 75.1 cm³/mol. The molecule has 1 aromatic carbocycles. The fourth-order valence-electron chi connectivity index (χ4n) is 2.69. The molecule has 110 valence electrons. The molecule has 2 aliphatic rings. The van der Waals surface area contributed by atoms with E-state index in [1.165, 1.54) is 0 Å². The van der Waals surface area contributed by atoms with Gasteiger partial charge in [0.15, 0.2) is 21.3 Å². The zero-order chi connectivity index (χ0) is 14.0. The molecule has 0 spiro atoms. The minimum atomic E-state index is -3.27. The zero-order valence-electron chi connectivity index (χ0n) is 11.3. The van der Waals surface area contributed by atoms with Crippen LogP contribution in [0, 0.1) is 5.92 Å². The molecule has 5 nitrogen and oxygen atoms in total. The normalized spacial score (nSPS) is 22.5. The molecule has 0 aliphatic carbocycles. The first-order valence-corrected chi connectivity index (χ1v) is 8.63. The molecule has 0 saturated carbocycles. The van der Waals surface area contributed by atoms with E-state index in [4.69, 9.17) is 9.47 Å². The molecular weight excluding hydrogens is 278 g/mol. The lowest BCUT2D eigenvalue weighted by Crippen LogP contribution is -2.33. The highest BCUT2D eigenvalue weighted by Gasteiger charge is 2.24. The molecule has 0 radical (unpaired) electrons. The summed E-state index contributed by atoms with van der Waals surface area (Å²) in [7, 11) is -3.27. The third-order valence-corrected chi connectivity index (χ3v) is 5.61. The van der Waals surface area contributed by atoms with Gasteiger partial charge in [0, 0.05) is 6.07 Å². The van der Waals surface area contributed by atoms with Crippen LogP contribution in [0.2, 0.25) is 0 Å². The quantitative estimate of drug-likeness (QED) is 0.909. The Kier molecular flexibility index (Phi) is 3.85. The van der Waals surface area contributed by atoms with Gasteiger partial charge in [-0.1, -0.05) is 0 Å². The second kappa shape index (κ2) is 5.61. The Balaban J connectivity index is 1.79. The van der Waals surface area contributed by atoms with Crippen molar-refractivity contribution in [2.75, 3.05) is 32.1 Å². The van der Waals surface area contributed by atoms with Gasteiger partial charge < -0.3 is 14.8 Å². The van der Waals surface area contributed by atoms with Gasteiger partial charge in [-0.05, 0) is 44.0 Å². The molecule has 6 heteroatoms. The molecule has 2 heterocycles. The Labute approximate surface area is 119 Å². The Morgan fingerprint density at radius 2 is 2.00 bits per heavy atom. The summed E-state index contributed by atoms with van der Waals surface area (Å²) in [5.74, 6) is 1.54. The van der Waals surface area contributed by atoms with Gasteiger partial charge in [-0.15, -0.1) is 0 Å². The third kappa shape index (κ3) is 2.91. The molecule has 0 aromatic heterocycles. The van der Waals surface area contributed by atoms with Gasteiger partial charge in [0.05, 0.1) is 10.6 Å². The van der Waals surface area contributed by atoms with Crippen molar-refractivity contribution in [1.82, 2.24) is 5.32 Å². The zero-order valence-corrected chi connectivity index (χ0v) is 12.1. The van der Waals surface area contributed by atoms with E-state index in [-0.39, 0.29) is 11.7 Å². The number of hydrogen-bond acceptors (Lipinski definition) is 5. The van der Waals surface area contributed by atoms with Gasteiger partial charge in [-0.25, -0.2) is 8.42 Å². The van der Waals surface area contributed by atoms with E-state index in [0.29, 0.717) is 29.6 Å². The maximum Gasteiger partial charge on any atom is 0.178 e. The van der Waals surface area contributed by atoms with E-state index in [1.807, 2.05) is 0 Å². The molecule has 2 aliphatic heterocycles. The van der Waals surface area contributed by atoms with Crippen molar-refractivity contribution < 1.29 is 17.9 Å². The number of benzene rings is 1. The van der Waals surface area contributed by atoms with Gasteiger partial charge in [-0.2, -0.15) is 0 Å². The summed E-state index contributed by atoms with van der Waals surface area (Å²) in [6.45, 7) is 2.74. The fourth-order valence-corrected chi connectivity index (χ4v) is 4.35. The maximum absolute atomic E-state index is 12.5. The molecule has 1 fully saturated rings. The molecule has 20 heavy (non-hydrogen) atoms. The van der Waals surface area contributed by atoms with Crippen LogP contribution in [0.15, 0.2) is 23.1 Å². The minimum absolute atomic E-state index is 0.194. The van der Waals surface area contributed by atoms with Gasteiger partial charge in [0.1, 0.15) is 13.2 Å². The molecule has 0 bridgehead atoms. The van der Waals surface area contributed by atoms with Crippen LogP contribution in [0.25, 0.3) is 0 Å². The van der Waals surface area contributed by atoms with Crippen molar-refractivity contribution in [3.8, 4) is 11.5 Å². The first-order chi connectivity index (χ1) is 9.65. The molecule has 1 unspecified atom stereocenters. The topological polar surface area (TPSA) is 64.6 Å². The van der Waals surface area contributed by atoms with Crippen LogP contribution in [0.1, 0.15) is 12.8 Å². The van der Waals surface area contributed by atoms with Crippen molar-refractivity contribution >= 4 is 9.84 Å². The Bertz CT molecular complexity index is 579. The first kappa shape index (κ1) is 13.7. The average Bonchev–Trinajstić information content (AvgIpc) is 2.47. The Hall–Kier alpha value is -1.27. The number of hydrogen-bond donors (Lipinski definition) is 1. The summed E-state index contributed by atoms with van der Waals surface area (Å²) in [6, 6.07) is 4.87. The molecule has 1 atom stereocenters. The lowest BCUT2D eigenvalue weighted by molar-refractivity contribution is 0.171. The number of piperidine rings is 1. The fraction of sp³-hybridized carbons (Fsp3) is 0.571. The van der Waals surface area contributed by atoms with E-state index in [9.17, 15) is 8.42 Å². The summed E-state index contributed by atoms with van der Waals surface area (Å²) < 4.78 is 35.8. The highest BCUT2D eigenvalue weighted by molar-refractivity contribution is 7.91. The Morgan fingerprint density at radius 1 is 1.20 bits per heavy atom. The average molecular weight is 297 g/mol. The van der Waals surface area contributed by atoms with Gasteiger partial charge >= 0.3 is 0 Å². The van der Waals surface area contributed by atoms with Crippen LogP contribution in [0.3, 0.4) is 0 Å². The summed E-state index contributed by atoms with van der Waals surface area (Å²) in [4.78, 5) is 0.326. The summed E-state index contributed by atoms with van der Waals surface area (Å²) in [5.41, 5.74) is 0. The van der Waals surface area contributed by atoms with Gasteiger partial charge in [0.2, 0.25) is 0 Å². The van der Waals surface area contributed by atoms with Crippen LogP contribution < -0.4 is 14.8 Å². The second-order valence-electron chi connectivity index (χ2n) is 5.30. The number of nitrogens with one attached hydrogen (secondary N) is 1. The molecule has 1 N–H and O–H groups in total. The van der Waals surface area contributed by atoms with Gasteiger partial charge in [-0.3, -0.25) is 0 Å². The molecule has 3 rings (SSSR count). The lowest BCUT2D eigenvalue weighted by atomic mass is 10.0. The first-order valence-electron chi connectivity index (χ1n) is 6.98. The van der Waals surface area contributed by atoms with Crippen LogP contribution in [0.4, 0.5) is 0 Å². The molecular formula is C14H19NO4S. The van der Waals surface area contributed by atoms with Crippen LogP contribution in [0.5, 0.6) is 11.5 Å². The highest BCUT2D eigenvalue weighted by Crippen LogP contribution is 2.33. The predicted octanol–water partition coefficient (Wildman–Crippen LogP) is 1.23. The molecule has 0 amide bonds. The number of sulfone groups is 1. The summed E-state index contributed by atoms with van der Waals surface area (Å²) in [5, 5.41) is 3.25. The summed E-state index contributed by atoms with van der Waals surface area (Å²) >= 11 is 0. The standard InChI is InChI=1S/C14H19NO4S/c16-20(17,10-11-2-1-5-15-9-11)12-3-4-13-14(8-12)19-7-6-18-13/h3-4,8,11,15H,1-2,5-7,9-10H2. The van der Waals surface area contributed by atoms with E-state index in [0.717, 1.165) is 25.9 Å². The third-order valence-electron chi connectivity index (χ3n) is 3.73. The number of rotatable bonds is 3. The maximum atomic E-state index is 12.5. The number of ether oxygens (including phenoxy) is 2. The van der Waals surface area contributed by atoms with Crippen LogP contribution in [-0.2, 0) is 9.84 Å². The SMILES string of the molecule is O=S(=O)(CC1CCCNC1)c1ccc2c(c1)OCCO2. The van der Waals surface area contributed by atoms with E-state index in [2.05, 4.69) is 5.32 Å². The van der Waals surface area contributed by atoms with Crippen molar-refractivity contribution in [1.29, 1.82) is 0 Å². The minimum Gasteiger partial charge on any atom is -0.486 e. The van der Waals surface area contributed by atoms with Crippen molar-refractivity contribution in [3.05, 3.63) is 18.2 Å². The van der Waals surface area contributed by atoms with Crippen LogP contribution in [-0.4, -0.2) is 40.5 Å². The second-order valence-corrected chi connectivity index (χ2v) is 7.33. The van der Waals surface area contributed by atoms with Crippen molar-refractivity contribution in [2.24, 2.45) is 5.92 Å². The Morgan fingerprint density at radius 3 is 2.75 bits per heavy atom. The molecule has 1 saturated heterocycles. The van der Waals surface area contributed by atoms with Crippen molar-refractivity contribution in [3.63, 3.8) is 0 Å². The molecule has 1 aromatic rings. The summed E-state index contributed by atoms with van der Waals surface area (Å²) in [6.07, 6.45) is 2.01. The van der Waals surface area contributed by atoms with Gasteiger partial charge in [0.25, 0.3) is 0 Å². The van der Waals surface area contributed by atoms with Crippen LogP contribution >= 0.6 is 0 Å². The number of fused-ring (bicyclic) bond motifs is 1. The van der Waals surface area contributed by atoms with E-state index >= 15 is 0 Å². The smallest absolute Gasteiger partial charge is 0.178 e.